The fraction of sp³-hybridized carbons (Fsp3) is 0.192. The van der Waals surface area contributed by atoms with Crippen LogP contribution >= 0.6 is 11.3 Å². The van der Waals surface area contributed by atoms with Crippen LogP contribution in [0.5, 0.6) is 0 Å². The van der Waals surface area contributed by atoms with Gasteiger partial charge in [0.2, 0.25) is 5.91 Å². The first-order valence-electron chi connectivity index (χ1n) is 10.9. The van der Waals surface area contributed by atoms with Gasteiger partial charge in [-0.1, -0.05) is 48.5 Å². The number of hydrogen-bond donors (Lipinski definition) is 1. The number of aromatic nitrogens is 1. The Morgan fingerprint density at radius 3 is 2.55 bits per heavy atom. The minimum Gasteiger partial charge on any atom is -0.445 e. The number of nitrogens with zero attached hydrogens (tertiary/aromatic N) is 2. The lowest BCUT2D eigenvalue weighted by molar-refractivity contribution is 0.0920. The van der Waals surface area contributed by atoms with Crippen LogP contribution in [0.1, 0.15) is 39.8 Å². The van der Waals surface area contributed by atoms with E-state index in [2.05, 4.69) is 6.07 Å². The molecule has 33 heavy (non-hydrogen) atoms. The van der Waals surface area contributed by atoms with Crippen molar-refractivity contribution >= 4 is 33.6 Å². The summed E-state index contributed by atoms with van der Waals surface area (Å²) in [6.45, 7) is 0.937. The topological polar surface area (TPSA) is 85.5 Å². The van der Waals surface area contributed by atoms with Gasteiger partial charge in [0.15, 0.2) is 0 Å². The predicted octanol–water partition coefficient (Wildman–Crippen LogP) is 5.54. The third kappa shape index (κ3) is 4.45. The number of carbonyl (C=O) groups excluding carboxylic acids is 2. The number of carbonyl (C=O) groups is 2. The molecule has 2 amide bonds. The van der Waals surface area contributed by atoms with Crippen molar-refractivity contribution in [2.75, 3.05) is 6.54 Å². The Morgan fingerprint density at radius 1 is 1.03 bits per heavy atom. The number of benzene rings is 3. The van der Waals surface area contributed by atoms with Gasteiger partial charge in [0, 0.05) is 12.1 Å². The van der Waals surface area contributed by atoms with Crippen LogP contribution < -0.4 is 5.73 Å². The molecule has 4 aromatic rings. The van der Waals surface area contributed by atoms with Gasteiger partial charge < -0.3 is 10.5 Å². The zero-order valence-electron chi connectivity index (χ0n) is 17.9. The number of ether oxygens (including phenoxy) is 1. The van der Waals surface area contributed by atoms with E-state index in [9.17, 15) is 9.59 Å². The summed E-state index contributed by atoms with van der Waals surface area (Å²) in [5.41, 5.74) is 9.75. The average molecular weight is 458 g/mol. The smallest absolute Gasteiger partial charge is 0.410 e. The molecule has 2 N–H and O–H groups in total. The lowest BCUT2D eigenvalue weighted by atomic mass is 10.0. The van der Waals surface area contributed by atoms with E-state index >= 15 is 0 Å². The second-order valence-electron chi connectivity index (χ2n) is 8.07. The molecule has 166 valence electrons. The molecule has 1 saturated heterocycles. The molecule has 7 heteroatoms. The number of hydrogen-bond acceptors (Lipinski definition) is 5. The molecule has 1 fully saturated rings. The molecular weight excluding hydrogens is 434 g/mol. The van der Waals surface area contributed by atoms with Crippen LogP contribution in [0, 0.1) is 0 Å². The van der Waals surface area contributed by atoms with Crippen molar-refractivity contribution < 1.29 is 14.3 Å². The van der Waals surface area contributed by atoms with Gasteiger partial charge in [0.05, 0.1) is 16.3 Å². The fourth-order valence-corrected chi connectivity index (χ4v) is 5.29. The molecular formula is C26H23N3O3S. The van der Waals surface area contributed by atoms with Gasteiger partial charge >= 0.3 is 6.09 Å². The maximum atomic E-state index is 12.8. The third-order valence-electron chi connectivity index (χ3n) is 5.89. The molecule has 5 rings (SSSR count). The number of primary amides is 1. The zero-order chi connectivity index (χ0) is 22.8. The van der Waals surface area contributed by atoms with E-state index in [1.165, 1.54) is 0 Å². The molecule has 1 aromatic heterocycles. The fourth-order valence-electron chi connectivity index (χ4n) is 4.14. The first-order valence-corrected chi connectivity index (χ1v) is 11.7. The largest absolute Gasteiger partial charge is 0.445 e. The van der Waals surface area contributed by atoms with Crippen molar-refractivity contribution in [2.24, 2.45) is 5.73 Å². The molecule has 1 aliphatic rings. The summed E-state index contributed by atoms with van der Waals surface area (Å²) in [4.78, 5) is 30.7. The van der Waals surface area contributed by atoms with Crippen LogP contribution in [-0.2, 0) is 11.3 Å². The van der Waals surface area contributed by atoms with E-state index in [4.69, 9.17) is 15.5 Å². The highest BCUT2D eigenvalue weighted by molar-refractivity contribution is 7.18. The highest BCUT2D eigenvalue weighted by Gasteiger charge is 2.33. The molecule has 0 spiro atoms. The van der Waals surface area contributed by atoms with Gasteiger partial charge in [-0.3, -0.25) is 9.69 Å². The first-order chi connectivity index (χ1) is 16.1. The van der Waals surface area contributed by atoms with E-state index in [1.807, 2.05) is 54.6 Å². The van der Waals surface area contributed by atoms with E-state index < -0.39 is 5.91 Å². The monoisotopic (exact) mass is 457 g/mol. The van der Waals surface area contributed by atoms with Crippen LogP contribution in [-0.4, -0.2) is 28.4 Å². The highest BCUT2D eigenvalue weighted by atomic mass is 32.1. The lowest BCUT2D eigenvalue weighted by Gasteiger charge is -2.22. The van der Waals surface area contributed by atoms with Crippen molar-refractivity contribution in [3.63, 3.8) is 0 Å². The first kappa shape index (κ1) is 21.2. The number of rotatable bonds is 5. The van der Waals surface area contributed by atoms with Gasteiger partial charge in [0.1, 0.15) is 11.6 Å². The summed E-state index contributed by atoms with van der Waals surface area (Å²) >= 11 is 1.61. The summed E-state index contributed by atoms with van der Waals surface area (Å²) in [7, 11) is 0. The number of likely N-dealkylation sites (tertiary alicyclic amines) is 1. The minimum absolute atomic E-state index is 0.0658. The van der Waals surface area contributed by atoms with Crippen LogP contribution in [0.25, 0.3) is 21.3 Å². The van der Waals surface area contributed by atoms with Gasteiger partial charge in [-0.25, -0.2) is 9.78 Å². The number of fused-ring (bicyclic) bond motifs is 1. The van der Waals surface area contributed by atoms with E-state index in [0.717, 1.165) is 44.8 Å². The third-order valence-corrected chi connectivity index (χ3v) is 7.00. The molecule has 2 heterocycles. The lowest BCUT2D eigenvalue weighted by Crippen LogP contribution is -2.31. The van der Waals surface area contributed by atoms with Crippen molar-refractivity contribution in [1.82, 2.24) is 9.88 Å². The van der Waals surface area contributed by atoms with Gasteiger partial charge in [-0.15, -0.1) is 11.3 Å². The predicted molar refractivity (Wildman–Crippen MR) is 129 cm³/mol. The molecule has 6 nitrogen and oxygen atoms in total. The summed E-state index contributed by atoms with van der Waals surface area (Å²) in [6, 6.07) is 23.0. The Bertz CT molecular complexity index is 1300. The van der Waals surface area contributed by atoms with Crippen molar-refractivity contribution in [2.45, 2.75) is 25.5 Å². The maximum absolute atomic E-state index is 12.8. The van der Waals surface area contributed by atoms with E-state index in [-0.39, 0.29) is 18.7 Å². The summed E-state index contributed by atoms with van der Waals surface area (Å²) in [5, 5.41) is 0.931. The van der Waals surface area contributed by atoms with Gasteiger partial charge in [-0.2, -0.15) is 0 Å². The van der Waals surface area contributed by atoms with E-state index in [1.54, 1.807) is 28.4 Å². The quantitative estimate of drug-likeness (QED) is 0.427. The van der Waals surface area contributed by atoms with Crippen LogP contribution in [0.2, 0.25) is 0 Å². The Kier molecular flexibility index (Phi) is 5.79. The summed E-state index contributed by atoms with van der Waals surface area (Å²) in [5.74, 6) is -0.437. The maximum Gasteiger partial charge on any atom is 0.410 e. The molecule has 0 unspecified atom stereocenters. The highest BCUT2D eigenvalue weighted by Crippen LogP contribution is 2.38. The Morgan fingerprint density at radius 2 is 1.79 bits per heavy atom. The molecule has 1 aliphatic heterocycles. The molecule has 3 aromatic carbocycles. The summed E-state index contributed by atoms with van der Waals surface area (Å²) in [6.07, 6.45) is 1.51. The molecule has 0 bridgehead atoms. The normalized spacial score (nSPS) is 15.6. The number of nitrogens with two attached hydrogens (primary N) is 1. The minimum atomic E-state index is -0.437. The van der Waals surface area contributed by atoms with Crippen molar-refractivity contribution in [3.05, 3.63) is 88.9 Å². The molecule has 0 aliphatic carbocycles. The molecule has 1 atom stereocenters. The standard InChI is InChI=1S/C26H23N3O3S/c27-24(30)19-10-8-18(9-11-19)20-12-13-21-23(15-20)33-25(28-21)22-7-4-14-29(22)26(31)32-16-17-5-2-1-3-6-17/h1-3,5-6,8-13,15,22H,4,7,14,16H2,(H2,27,30)/t22-/m0/s1. The number of amides is 2. The SMILES string of the molecule is NC(=O)c1ccc(-c2ccc3nc([C@@H]4CCCN4C(=O)OCc4ccccc4)sc3c2)cc1. The van der Waals surface area contributed by atoms with Crippen LogP contribution in [0.3, 0.4) is 0 Å². The second kappa shape index (κ2) is 9.03. The van der Waals surface area contributed by atoms with Gasteiger partial charge in [-0.05, 0) is 53.8 Å². The zero-order valence-corrected chi connectivity index (χ0v) is 18.8. The Hall–Kier alpha value is -3.71. The summed E-state index contributed by atoms with van der Waals surface area (Å²) < 4.78 is 6.63. The van der Waals surface area contributed by atoms with Crippen molar-refractivity contribution in [3.8, 4) is 11.1 Å². The molecule has 0 radical (unpaired) electrons. The van der Waals surface area contributed by atoms with Crippen molar-refractivity contribution in [1.29, 1.82) is 0 Å². The Balaban J connectivity index is 1.34. The van der Waals surface area contributed by atoms with Crippen LogP contribution in [0.15, 0.2) is 72.8 Å². The second-order valence-corrected chi connectivity index (χ2v) is 9.13. The number of thiazole rings is 1. The van der Waals surface area contributed by atoms with Gasteiger partial charge in [0.25, 0.3) is 0 Å². The average Bonchev–Trinajstić information content (AvgIpc) is 3.50. The van der Waals surface area contributed by atoms with E-state index in [0.29, 0.717) is 12.1 Å². The molecule has 0 saturated carbocycles. The Labute approximate surface area is 195 Å². The van der Waals surface area contributed by atoms with Crippen LogP contribution in [0.4, 0.5) is 4.79 Å².